The molecule has 0 amide bonds. The second-order valence-electron chi connectivity index (χ2n) is 3.44. The van der Waals surface area contributed by atoms with E-state index in [2.05, 4.69) is 41.3 Å². The fourth-order valence-corrected chi connectivity index (χ4v) is 4.26. The summed E-state index contributed by atoms with van der Waals surface area (Å²) < 4.78 is 0.528. The van der Waals surface area contributed by atoms with Crippen LogP contribution in [0.15, 0.2) is 10.6 Å². The van der Waals surface area contributed by atoms with Crippen LogP contribution < -0.4 is 0 Å². The van der Waals surface area contributed by atoms with Gasteiger partial charge in [-0.1, -0.05) is 25.1 Å². The molecule has 0 bridgehead atoms. The number of aliphatic hydroxyl groups is 1. The van der Waals surface area contributed by atoms with Crippen LogP contribution in [0.5, 0.6) is 0 Å². The van der Waals surface area contributed by atoms with E-state index in [0.717, 1.165) is 13.0 Å². The Morgan fingerprint density at radius 2 is 2.29 bits per heavy atom. The molecular weight excluding hydrogens is 309 g/mol. The molecule has 14 heavy (non-hydrogen) atoms. The first-order chi connectivity index (χ1) is 6.70. The van der Waals surface area contributed by atoms with Gasteiger partial charge in [-0.25, -0.2) is 0 Å². The van der Waals surface area contributed by atoms with E-state index in [1.807, 2.05) is 11.8 Å². The van der Waals surface area contributed by atoms with Gasteiger partial charge < -0.3 is 10.0 Å². The molecule has 1 heterocycles. The number of unbranched alkanes of at least 4 members (excludes halogenated alkanes) is 1. The first-order valence-corrected chi connectivity index (χ1v) is 7.21. The van der Waals surface area contributed by atoms with Gasteiger partial charge >= 0.3 is 0 Å². The van der Waals surface area contributed by atoms with Gasteiger partial charge in [-0.2, -0.15) is 0 Å². The van der Waals surface area contributed by atoms with Crippen LogP contribution in [0.1, 0.15) is 33.1 Å². The van der Waals surface area contributed by atoms with Crippen molar-refractivity contribution < 1.29 is 5.11 Å². The van der Waals surface area contributed by atoms with E-state index in [1.165, 1.54) is 23.4 Å². The first kappa shape index (κ1) is 12.6. The zero-order valence-corrected chi connectivity index (χ0v) is 11.8. The quantitative estimate of drug-likeness (QED) is 0.477. The number of hydrogen-bond acceptors (Lipinski definition) is 3. The molecule has 2 nitrogen and oxygen atoms in total. The van der Waals surface area contributed by atoms with Crippen molar-refractivity contribution in [1.82, 2.24) is 4.90 Å². The molecule has 0 aromatic rings. The Bertz CT molecular complexity index is 220. The highest BCUT2D eigenvalue weighted by Gasteiger charge is 2.26. The minimum absolute atomic E-state index is 0.269. The highest BCUT2D eigenvalue weighted by atomic mass is 127. The summed E-state index contributed by atoms with van der Waals surface area (Å²) in [6, 6.07) is 0. The Morgan fingerprint density at radius 3 is 2.86 bits per heavy atom. The number of rotatable bonds is 5. The summed E-state index contributed by atoms with van der Waals surface area (Å²) >= 11 is 4.36. The molecule has 4 heteroatoms. The molecule has 0 saturated heterocycles. The van der Waals surface area contributed by atoms with Crippen LogP contribution >= 0.6 is 34.4 Å². The van der Waals surface area contributed by atoms with Crippen molar-refractivity contribution in [2.75, 3.05) is 13.2 Å². The number of allylic oxidation sites excluding steroid dienone is 1. The van der Waals surface area contributed by atoms with E-state index >= 15 is 0 Å². The van der Waals surface area contributed by atoms with Gasteiger partial charge in [0.05, 0.1) is 0 Å². The molecule has 0 aliphatic carbocycles. The maximum absolute atomic E-state index is 8.92. The number of thioether (sulfide) groups is 1. The minimum Gasteiger partial charge on any atom is -0.396 e. The summed E-state index contributed by atoms with van der Waals surface area (Å²) in [6.07, 6.45) is 3.32. The molecule has 0 fully saturated rings. The molecule has 1 aliphatic rings. The van der Waals surface area contributed by atoms with E-state index in [4.69, 9.17) is 5.11 Å². The van der Waals surface area contributed by atoms with Crippen LogP contribution in [0.3, 0.4) is 0 Å². The van der Waals surface area contributed by atoms with E-state index in [0.29, 0.717) is 3.38 Å². The van der Waals surface area contributed by atoms with Gasteiger partial charge in [0.25, 0.3) is 0 Å². The summed E-state index contributed by atoms with van der Waals surface area (Å²) in [4.78, 5) is 3.81. The van der Waals surface area contributed by atoms with Crippen molar-refractivity contribution in [3.8, 4) is 0 Å². The molecule has 1 rings (SSSR count). The van der Waals surface area contributed by atoms with E-state index in [9.17, 15) is 0 Å². The van der Waals surface area contributed by atoms with Crippen LogP contribution in [0.25, 0.3) is 0 Å². The predicted octanol–water partition coefficient (Wildman–Crippen LogP) is 3.17. The standard InChI is InChI=1S/C10H18INOS/c1-3-4-6-12-8(2)9(5-7-13)14-10(12)11/h10,13H,3-7H2,1-2H3. The Labute approximate surface area is 104 Å². The monoisotopic (exact) mass is 327 g/mol. The molecule has 1 N–H and O–H groups in total. The van der Waals surface area contributed by atoms with Crippen molar-refractivity contribution in [3.63, 3.8) is 0 Å². The Morgan fingerprint density at radius 1 is 1.57 bits per heavy atom. The van der Waals surface area contributed by atoms with Gasteiger partial charge in [-0.15, -0.1) is 0 Å². The molecule has 0 spiro atoms. The van der Waals surface area contributed by atoms with E-state index < -0.39 is 0 Å². The molecule has 1 atom stereocenters. The van der Waals surface area contributed by atoms with Crippen LogP contribution in [0.2, 0.25) is 0 Å². The van der Waals surface area contributed by atoms with Crippen molar-refractivity contribution >= 4 is 34.4 Å². The normalized spacial score (nSPS) is 22.3. The number of nitrogens with zero attached hydrogens (tertiary/aromatic N) is 1. The molecule has 0 aromatic carbocycles. The zero-order valence-electron chi connectivity index (χ0n) is 8.79. The predicted molar refractivity (Wildman–Crippen MR) is 71.4 cm³/mol. The maximum Gasteiger partial charge on any atom is 0.131 e. The van der Waals surface area contributed by atoms with Gasteiger partial charge in [0.1, 0.15) is 3.38 Å². The SMILES string of the molecule is CCCCN1C(C)=C(CCO)SC1I. The van der Waals surface area contributed by atoms with Crippen molar-refractivity contribution in [2.45, 2.75) is 36.5 Å². The fraction of sp³-hybridized carbons (Fsp3) is 0.800. The number of hydrogen-bond donors (Lipinski definition) is 1. The average Bonchev–Trinajstić information content (AvgIpc) is 2.41. The first-order valence-electron chi connectivity index (χ1n) is 5.08. The topological polar surface area (TPSA) is 23.5 Å². The van der Waals surface area contributed by atoms with Crippen LogP contribution in [0.4, 0.5) is 0 Å². The van der Waals surface area contributed by atoms with Gasteiger partial charge in [0.2, 0.25) is 0 Å². The van der Waals surface area contributed by atoms with Crippen molar-refractivity contribution in [2.24, 2.45) is 0 Å². The van der Waals surface area contributed by atoms with Crippen molar-refractivity contribution in [1.29, 1.82) is 0 Å². The van der Waals surface area contributed by atoms with E-state index in [1.54, 1.807) is 0 Å². The smallest absolute Gasteiger partial charge is 0.131 e. The summed E-state index contributed by atoms with van der Waals surface area (Å²) in [7, 11) is 0. The molecule has 0 saturated carbocycles. The lowest BCUT2D eigenvalue weighted by Crippen LogP contribution is -2.24. The molecule has 82 valence electrons. The lowest BCUT2D eigenvalue weighted by atomic mass is 10.3. The highest BCUT2D eigenvalue weighted by molar-refractivity contribution is 14.1. The molecule has 1 unspecified atom stereocenters. The molecule has 0 radical (unpaired) electrons. The van der Waals surface area contributed by atoms with Crippen LogP contribution in [-0.2, 0) is 0 Å². The van der Waals surface area contributed by atoms with Gasteiger partial charge in [-0.05, 0) is 35.9 Å². The zero-order chi connectivity index (χ0) is 10.6. The number of halogens is 1. The van der Waals surface area contributed by atoms with Crippen molar-refractivity contribution in [3.05, 3.63) is 10.6 Å². The van der Waals surface area contributed by atoms with Crippen LogP contribution in [-0.4, -0.2) is 26.5 Å². The average molecular weight is 327 g/mol. The molecular formula is C10H18INOS. The third-order valence-electron chi connectivity index (χ3n) is 2.41. The van der Waals surface area contributed by atoms with Crippen LogP contribution in [0, 0.1) is 0 Å². The lowest BCUT2D eigenvalue weighted by Gasteiger charge is -2.23. The number of alkyl halides is 1. The summed E-state index contributed by atoms with van der Waals surface area (Å²) in [5, 5.41) is 8.92. The third kappa shape index (κ3) is 3.03. The maximum atomic E-state index is 8.92. The van der Waals surface area contributed by atoms with Gasteiger partial charge in [0.15, 0.2) is 0 Å². The van der Waals surface area contributed by atoms with Gasteiger partial charge in [0, 0.05) is 30.2 Å². The Balaban J connectivity index is 2.56. The third-order valence-corrected chi connectivity index (χ3v) is 5.08. The lowest BCUT2D eigenvalue weighted by molar-refractivity contribution is 0.300. The summed E-state index contributed by atoms with van der Waals surface area (Å²) in [6.45, 7) is 5.81. The molecule has 1 aliphatic heterocycles. The minimum atomic E-state index is 0.269. The fourth-order valence-electron chi connectivity index (χ4n) is 1.52. The highest BCUT2D eigenvalue weighted by Crippen LogP contribution is 2.42. The summed E-state index contributed by atoms with van der Waals surface area (Å²) in [5.74, 6) is 0. The largest absolute Gasteiger partial charge is 0.396 e. The second kappa shape index (κ2) is 6.23. The summed E-state index contributed by atoms with van der Waals surface area (Å²) in [5.41, 5.74) is 1.37. The van der Waals surface area contributed by atoms with Gasteiger partial charge in [-0.3, -0.25) is 0 Å². The van der Waals surface area contributed by atoms with E-state index in [-0.39, 0.29) is 6.61 Å². The molecule has 0 aromatic heterocycles. The second-order valence-corrected chi connectivity index (χ2v) is 6.64. The number of aliphatic hydroxyl groups excluding tert-OH is 1. The Kier molecular flexibility index (Phi) is 5.62. The Hall–Kier alpha value is 0.580.